The number of para-hydroxylation sites is 1. The van der Waals surface area contributed by atoms with E-state index in [-0.39, 0.29) is 59.5 Å². The molecule has 2 aromatic carbocycles. The number of Topliss-reactive ketones (excluding diaryl/α,β-unsaturated/α-hetero) is 1. The van der Waals surface area contributed by atoms with Gasteiger partial charge in [0.2, 0.25) is 0 Å². The molecule has 6 bridgehead atoms. The van der Waals surface area contributed by atoms with Gasteiger partial charge in [0.05, 0.1) is 20.1 Å². The third kappa shape index (κ3) is 5.13. The van der Waals surface area contributed by atoms with Crippen LogP contribution in [0.2, 0.25) is 0 Å². The lowest BCUT2D eigenvalue weighted by Gasteiger charge is -2.61. The molecule has 10 rings (SSSR count). The van der Waals surface area contributed by atoms with Crippen LogP contribution in [0, 0.1) is 29.6 Å². The standard InChI is InChI=1S/C45H56N4O5/c1-7-25-18-28-22-45(44(52)54-6)41-30(15-16-49(42(25)45)37(28)17-24(3)50)33-19-27(13-14-36(33)47-41)32-20-31-26(8-2)23-48(4)38(39(31)43(51)53-5)21-34-29-11-9-10-12-35(29)46-40(32)34/h9-14,19,25-26,28,31-32,37-39,42,46-47H,7-8,15-18,20-23H2,1-6H3/t25-,26-,28-,31-,32+,37-,38+,39+,42+,45+/m1/s1. The topological polar surface area (TPSA) is 108 Å². The quantitative estimate of drug-likeness (QED) is 0.199. The van der Waals surface area contributed by atoms with Crippen molar-refractivity contribution in [3.8, 4) is 0 Å². The number of aromatic amines is 2. The molecule has 4 aromatic rings. The van der Waals surface area contributed by atoms with Crippen LogP contribution in [0.4, 0.5) is 0 Å². The second kappa shape index (κ2) is 13.4. The number of ether oxygens (including phenoxy) is 2. The van der Waals surface area contributed by atoms with Crippen LogP contribution in [0.5, 0.6) is 0 Å². The first kappa shape index (κ1) is 35.7. The summed E-state index contributed by atoms with van der Waals surface area (Å²) in [5.41, 5.74) is 7.39. The number of fused-ring (bicyclic) bond motifs is 9. The summed E-state index contributed by atoms with van der Waals surface area (Å²) in [6, 6.07) is 15.7. The molecule has 1 saturated carbocycles. The van der Waals surface area contributed by atoms with Crippen molar-refractivity contribution in [1.29, 1.82) is 0 Å². The SMILES string of the molecule is CC[C@@H]1CN(C)[C@H]2Cc3c([nH]c4ccccc34)[C@H](c3ccc4[nH]c5c(c4c3)CCN3[C@H](CC(C)=O)[C@@H]4C[C@@H](CC)[C@H]3[C@]5(C(=O)OC)C4)C[C@H]1[C@@H]2C(=O)OC. The van der Waals surface area contributed by atoms with Crippen molar-refractivity contribution in [2.24, 2.45) is 29.6 Å². The highest BCUT2D eigenvalue weighted by molar-refractivity contribution is 5.93. The lowest BCUT2D eigenvalue weighted by atomic mass is 9.54. The van der Waals surface area contributed by atoms with Crippen LogP contribution >= 0.6 is 0 Å². The van der Waals surface area contributed by atoms with E-state index in [1.54, 1.807) is 14.0 Å². The molecule has 4 fully saturated rings. The minimum absolute atomic E-state index is 0.0174. The van der Waals surface area contributed by atoms with Crippen molar-refractivity contribution in [2.75, 3.05) is 34.4 Å². The number of benzene rings is 2. The van der Waals surface area contributed by atoms with E-state index in [1.165, 1.54) is 40.3 Å². The molecule has 2 aromatic heterocycles. The number of esters is 2. The van der Waals surface area contributed by atoms with Crippen LogP contribution in [0.15, 0.2) is 42.5 Å². The number of H-pyrrole nitrogens is 2. The van der Waals surface area contributed by atoms with Gasteiger partial charge < -0.3 is 24.3 Å². The normalized spacial score (nSPS) is 34.4. The fourth-order valence-electron chi connectivity index (χ4n) is 12.9. The zero-order valence-corrected chi connectivity index (χ0v) is 32.7. The van der Waals surface area contributed by atoms with Gasteiger partial charge in [0.25, 0.3) is 0 Å². The lowest BCUT2D eigenvalue weighted by molar-refractivity contribution is -0.169. The van der Waals surface area contributed by atoms with Crippen LogP contribution in [0.1, 0.15) is 93.3 Å². The van der Waals surface area contributed by atoms with Crippen LogP contribution in [0.25, 0.3) is 21.8 Å². The number of rotatable bonds is 7. The van der Waals surface area contributed by atoms with Gasteiger partial charge in [0, 0.05) is 76.7 Å². The first-order valence-corrected chi connectivity index (χ1v) is 20.5. The van der Waals surface area contributed by atoms with Gasteiger partial charge in [-0.05, 0) is 105 Å². The molecule has 286 valence electrons. The van der Waals surface area contributed by atoms with Crippen molar-refractivity contribution in [2.45, 2.75) is 102 Å². The third-order valence-electron chi connectivity index (χ3n) is 15.1. The number of hydrogen-bond donors (Lipinski definition) is 2. The zero-order valence-electron chi connectivity index (χ0n) is 32.7. The van der Waals surface area contributed by atoms with Gasteiger partial charge in [-0.3, -0.25) is 19.3 Å². The second-order valence-electron chi connectivity index (χ2n) is 17.5. The van der Waals surface area contributed by atoms with Crippen molar-refractivity contribution < 1.29 is 23.9 Å². The van der Waals surface area contributed by atoms with Crippen LogP contribution < -0.4 is 0 Å². The Bertz CT molecular complexity index is 2130. The van der Waals surface area contributed by atoms with Crippen molar-refractivity contribution in [1.82, 2.24) is 19.8 Å². The van der Waals surface area contributed by atoms with Crippen LogP contribution in [-0.2, 0) is 42.1 Å². The number of piperidine rings is 3. The number of likely N-dealkylation sites (tertiary alicyclic amines) is 1. The molecule has 2 N–H and O–H groups in total. The number of carbonyl (C=O) groups is 3. The summed E-state index contributed by atoms with van der Waals surface area (Å²) in [6.45, 7) is 7.99. The van der Waals surface area contributed by atoms with Crippen LogP contribution in [-0.4, -0.2) is 90.0 Å². The number of carbonyl (C=O) groups excluding carboxylic acids is 3. The van der Waals surface area contributed by atoms with E-state index >= 15 is 0 Å². The Morgan fingerprint density at radius 3 is 2.44 bits per heavy atom. The molecule has 54 heavy (non-hydrogen) atoms. The number of nitrogens with one attached hydrogen (secondary N) is 2. The highest BCUT2D eigenvalue weighted by atomic mass is 16.5. The van der Waals surface area contributed by atoms with Gasteiger partial charge in [0.1, 0.15) is 11.2 Å². The van der Waals surface area contributed by atoms with Crippen molar-refractivity contribution in [3.05, 3.63) is 70.5 Å². The number of hydrogen-bond acceptors (Lipinski definition) is 7. The van der Waals surface area contributed by atoms with Gasteiger partial charge in [-0.1, -0.05) is 51.0 Å². The van der Waals surface area contributed by atoms with Crippen molar-refractivity contribution in [3.63, 3.8) is 0 Å². The predicted molar refractivity (Wildman–Crippen MR) is 209 cm³/mol. The van der Waals surface area contributed by atoms with E-state index < -0.39 is 5.41 Å². The smallest absolute Gasteiger partial charge is 0.319 e. The third-order valence-corrected chi connectivity index (χ3v) is 15.1. The Balaban J connectivity index is 1.22. The second-order valence-corrected chi connectivity index (χ2v) is 17.5. The molecule has 0 spiro atoms. The fraction of sp³-hybridized carbons (Fsp3) is 0.578. The number of aromatic nitrogens is 2. The summed E-state index contributed by atoms with van der Waals surface area (Å²) in [7, 11) is 5.26. The minimum atomic E-state index is -0.813. The maximum Gasteiger partial charge on any atom is 0.319 e. The maximum atomic E-state index is 14.4. The highest BCUT2D eigenvalue weighted by Gasteiger charge is 2.65. The van der Waals surface area contributed by atoms with E-state index in [1.807, 2.05) is 0 Å². The Morgan fingerprint density at radius 2 is 1.70 bits per heavy atom. The molecule has 4 aliphatic heterocycles. The van der Waals surface area contributed by atoms with Gasteiger partial charge >= 0.3 is 11.9 Å². The molecule has 6 heterocycles. The first-order valence-electron chi connectivity index (χ1n) is 20.5. The molecular weight excluding hydrogens is 677 g/mol. The molecule has 11 atom stereocenters. The van der Waals surface area contributed by atoms with Gasteiger partial charge in [-0.15, -0.1) is 0 Å². The summed E-state index contributed by atoms with van der Waals surface area (Å²) >= 11 is 0. The van der Waals surface area contributed by atoms with Gasteiger partial charge in [0.15, 0.2) is 0 Å². The monoisotopic (exact) mass is 732 g/mol. The number of nitrogens with zero attached hydrogens (tertiary/aromatic N) is 2. The van der Waals surface area contributed by atoms with E-state index in [2.05, 4.69) is 83.1 Å². The molecule has 0 amide bonds. The average molecular weight is 733 g/mol. The summed E-state index contributed by atoms with van der Waals surface area (Å²) < 4.78 is 11.3. The molecule has 9 nitrogen and oxygen atoms in total. The predicted octanol–water partition coefficient (Wildman–Crippen LogP) is 6.91. The fourth-order valence-corrected chi connectivity index (χ4v) is 12.9. The molecule has 0 radical (unpaired) electrons. The maximum absolute atomic E-state index is 14.4. The Kier molecular flexibility index (Phi) is 8.84. The molecule has 1 unspecified atom stereocenters. The van der Waals surface area contributed by atoms with Crippen molar-refractivity contribution >= 4 is 39.5 Å². The number of ketones is 1. The Hall–Kier alpha value is -3.95. The molecule has 6 aliphatic rings. The van der Waals surface area contributed by atoms with E-state index in [9.17, 15) is 14.4 Å². The molecule has 2 aliphatic carbocycles. The lowest BCUT2D eigenvalue weighted by Crippen LogP contribution is -2.70. The van der Waals surface area contributed by atoms with E-state index in [0.717, 1.165) is 68.3 Å². The largest absolute Gasteiger partial charge is 0.469 e. The summed E-state index contributed by atoms with van der Waals surface area (Å²) in [5.74, 6) is 0.927. The molecule has 3 saturated heterocycles. The Morgan fingerprint density at radius 1 is 0.926 bits per heavy atom. The first-order chi connectivity index (χ1) is 26.1. The van der Waals surface area contributed by atoms with E-state index in [0.29, 0.717) is 24.7 Å². The van der Waals surface area contributed by atoms with Gasteiger partial charge in [-0.2, -0.15) is 0 Å². The van der Waals surface area contributed by atoms with Gasteiger partial charge in [-0.25, -0.2) is 0 Å². The number of methoxy groups -OCH3 is 2. The minimum Gasteiger partial charge on any atom is -0.469 e. The Labute approximate surface area is 318 Å². The van der Waals surface area contributed by atoms with Crippen LogP contribution in [0.3, 0.4) is 0 Å². The summed E-state index contributed by atoms with van der Waals surface area (Å²) in [6.07, 6.45) is 6.69. The summed E-state index contributed by atoms with van der Waals surface area (Å²) in [5, 5.41) is 2.40. The molecule has 9 heteroatoms. The number of likely N-dealkylation sites (N-methyl/N-ethyl adjacent to an activating group) is 1. The highest BCUT2D eigenvalue weighted by Crippen LogP contribution is 2.58. The van der Waals surface area contributed by atoms with E-state index in [4.69, 9.17) is 9.47 Å². The molecular formula is C45H56N4O5. The average Bonchev–Trinajstić information content (AvgIpc) is 3.69. The summed E-state index contributed by atoms with van der Waals surface area (Å²) in [4.78, 5) is 53.6. The zero-order chi connectivity index (χ0) is 37.6.